The van der Waals surface area contributed by atoms with E-state index in [1.54, 1.807) is 0 Å². The number of aromatic nitrogens is 3. The Hall–Kier alpha value is -1.09. The van der Waals surface area contributed by atoms with Crippen molar-refractivity contribution in [3.8, 4) is 0 Å². The summed E-state index contributed by atoms with van der Waals surface area (Å²) in [6, 6.07) is 2.14. The second kappa shape index (κ2) is 5.28. The van der Waals surface area contributed by atoms with Crippen LogP contribution >= 0.6 is 11.6 Å². The number of halogens is 1. The number of hydrogen-bond acceptors (Lipinski definition) is 2. The van der Waals surface area contributed by atoms with Crippen LogP contribution in [0.1, 0.15) is 37.1 Å². The molecular weight excluding hydrogens is 282 g/mol. The first-order chi connectivity index (χ1) is 10.2. The van der Waals surface area contributed by atoms with Crippen LogP contribution in [-0.4, -0.2) is 20.4 Å². The molecule has 4 heteroatoms. The van der Waals surface area contributed by atoms with Gasteiger partial charge >= 0.3 is 0 Å². The molecule has 3 unspecified atom stereocenters. The first kappa shape index (κ1) is 13.6. The molecule has 0 amide bonds. The number of fused-ring (bicyclic) bond motifs is 3. The zero-order valence-corrected chi connectivity index (χ0v) is 13.3. The highest BCUT2D eigenvalue weighted by atomic mass is 35.5. The first-order valence-electron chi connectivity index (χ1n) is 8.12. The third kappa shape index (κ3) is 2.36. The monoisotopic (exact) mass is 303 g/mol. The molecular formula is C17H22ClN3. The molecule has 0 radical (unpaired) electrons. The van der Waals surface area contributed by atoms with E-state index >= 15 is 0 Å². The Labute approximate surface area is 130 Å². The van der Waals surface area contributed by atoms with Crippen molar-refractivity contribution in [2.45, 2.75) is 45.6 Å². The van der Waals surface area contributed by atoms with Crippen molar-refractivity contribution in [2.75, 3.05) is 5.88 Å². The van der Waals surface area contributed by atoms with Gasteiger partial charge in [0.15, 0.2) is 5.65 Å². The lowest BCUT2D eigenvalue weighted by atomic mass is 9.89. The van der Waals surface area contributed by atoms with Gasteiger partial charge in [0.2, 0.25) is 0 Å². The van der Waals surface area contributed by atoms with Crippen molar-refractivity contribution in [1.82, 2.24) is 14.5 Å². The van der Waals surface area contributed by atoms with E-state index in [-0.39, 0.29) is 0 Å². The summed E-state index contributed by atoms with van der Waals surface area (Å²) in [7, 11) is 0. The Morgan fingerprint density at radius 1 is 1.33 bits per heavy atom. The Kier molecular flexibility index (Phi) is 3.41. The predicted molar refractivity (Wildman–Crippen MR) is 85.6 cm³/mol. The molecule has 0 saturated heterocycles. The lowest BCUT2D eigenvalue weighted by Gasteiger charge is -2.23. The molecule has 0 aromatic carbocycles. The number of imidazole rings is 1. The third-order valence-corrected chi connectivity index (χ3v) is 5.61. The van der Waals surface area contributed by atoms with Gasteiger partial charge in [-0.1, -0.05) is 6.42 Å². The topological polar surface area (TPSA) is 30.7 Å². The largest absolute Gasteiger partial charge is 0.312 e. The van der Waals surface area contributed by atoms with Gasteiger partial charge < -0.3 is 4.57 Å². The average Bonchev–Trinajstić information content (AvgIpc) is 3.14. The number of pyridine rings is 1. The van der Waals surface area contributed by atoms with E-state index in [2.05, 4.69) is 22.5 Å². The molecule has 3 atom stereocenters. The van der Waals surface area contributed by atoms with Gasteiger partial charge in [-0.3, -0.25) is 0 Å². The summed E-state index contributed by atoms with van der Waals surface area (Å²) in [6.07, 6.45) is 8.52. The molecule has 2 heterocycles. The van der Waals surface area contributed by atoms with Crippen molar-refractivity contribution in [1.29, 1.82) is 0 Å². The van der Waals surface area contributed by atoms with E-state index in [9.17, 15) is 0 Å². The number of rotatable bonds is 4. The normalized spacial score (nSPS) is 27.8. The first-order valence-corrected chi connectivity index (χ1v) is 8.65. The van der Waals surface area contributed by atoms with Crippen molar-refractivity contribution < 1.29 is 0 Å². The van der Waals surface area contributed by atoms with Gasteiger partial charge in [-0.2, -0.15) is 0 Å². The molecule has 2 aromatic heterocycles. The zero-order chi connectivity index (χ0) is 14.4. The highest BCUT2D eigenvalue weighted by molar-refractivity contribution is 6.17. The second-order valence-electron chi connectivity index (χ2n) is 6.87. The smallest absolute Gasteiger partial charge is 0.160 e. The lowest BCUT2D eigenvalue weighted by molar-refractivity contribution is 0.295. The van der Waals surface area contributed by atoms with E-state index < -0.39 is 0 Å². The number of nitrogens with zero attached hydrogens (tertiary/aromatic N) is 3. The Balaban J connectivity index is 1.70. The van der Waals surface area contributed by atoms with Crippen LogP contribution in [0.25, 0.3) is 11.2 Å². The highest BCUT2D eigenvalue weighted by Crippen LogP contribution is 2.49. The number of hydrogen-bond donors (Lipinski definition) is 0. The third-order valence-electron chi connectivity index (χ3n) is 5.42. The molecule has 2 fully saturated rings. The number of aryl methyl sites for hydroxylation is 2. The maximum atomic E-state index is 5.97. The summed E-state index contributed by atoms with van der Waals surface area (Å²) in [5.74, 6) is 4.47. The Morgan fingerprint density at radius 3 is 2.95 bits per heavy atom. The van der Waals surface area contributed by atoms with Crippen molar-refractivity contribution in [2.24, 2.45) is 17.8 Å². The van der Waals surface area contributed by atoms with Gasteiger partial charge in [-0.25, -0.2) is 9.97 Å². The van der Waals surface area contributed by atoms with Crippen LogP contribution in [0.2, 0.25) is 0 Å². The quantitative estimate of drug-likeness (QED) is 0.801. The average molecular weight is 304 g/mol. The Morgan fingerprint density at radius 2 is 2.24 bits per heavy atom. The Bertz CT molecular complexity index is 663. The standard InChI is InChI=1S/C17H22ClN3/c1-11-6-15-17(19-9-11)21(16(20-15)4-5-18)10-14-8-12-2-3-13(14)7-12/h6,9,12-14H,2-5,7-8,10H2,1H3. The minimum absolute atomic E-state index is 0.624. The van der Waals surface area contributed by atoms with Crippen LogP contribution in [0.5, 0.6) is 0 Å². The number of alkyl halides is 1. The van der Waals surface area contributed by atoms with Crippen molar-refractivity contribution in [3.05, 3.63) is 23.7 Å². The fourth-order valence-corrected chi connectivity index (χ4v) is 4.63. The van der Waals surface area contributed by atoms with Crippen LogP contribution in [0.15, 0.2) is 12.3 Å². The molecule has 2 bridgehead atoms. The molecule has 0 aliphatic heterocycles. The van der Waals surface area contributed by atoms with E-state index in [4.69, 9.17) is 16.6 Å². The van der Waals surface area contributed by atoms with Crippen LogP contribution in [0.4, 0.5) is 0 Å². The molecule has 21 heavy (non-hydrogen) atoms. The molecule has 2 aliphatic rings. The SMILES string of the molecule is Cc1cnc2c(c1)nc(CCCl)n2CC1CC2CCC1C2. The fourth-order valence-electron chi connectivity index (χ4n) is 4.46. The van der Waals surface area contributed by atoms with Crippen molar-refractivity contribution in [3.63, 3.8) is 0 Å². The molecule has 2 saturated carbocycles. The highest BCUT2D eigenvalue weighted by Gasteiger charge is 2.39. The molecule has 3 nitrogen and oxygen atoms in total. The van der Waals surface area contributed by atoms with Crippen LogP contribution in [0.3, 0.4) is 0 Å². The minimum atomic E-state index is 0.624. The molecule has 112 valence electrons. The second-order valence-corrected chi connectivity index (χ2v) is 7.25. The summed E-state index contributed by atoms with van der Waals surface area (Å²) < 4.78 is 2.35. The van der Waals surface area contributed by atoms with E-state index in [1.165, 1.54) is 31.2 Å². The van der Waals surface area contributed by atoms with Gasteiger partial charge in [0.05, 0.1) is 0 Å². The molecule has 2 aromatic rings. The summed E-state index contributed by atoms with van der Waals surface area (Å²) >= 11 is 5.97. The fraction of sp³-hybridized carbons (Fsp3) is 0.647. The summed E-state index contributed by atoms with van der Waals surface area (Å²) in [5.41, 5.74) is 3.24. The summed E-state index contributed by atoms with van der Waals surface area (Å²) in [4.78, 5) is 9.43. The maximum absolute atomic E-state index is 5.97. The van der Waals surface area contributed by atoms with E-state index in [0.29, 0.717) is 5.88 Å². The van der Waals surface area contributed by atoms with E-state index in [1.807, 2.05) is 6.20 Å². The van der Waals surface area contributed by atoms with E-state index in [0.717, 1.165) is 47.7 Å². The molecule has 4 rings (SSSR count). The zero-order valence-electron chi connectivity index (χ0n) is 12.6. The van der Waals surface area contributed by atoms with Crippen LogP contribution in [0, 0.1) is 24.7 Å². The summed E-state index contributed by atoms with van der Waals surface area (Å²) in [6.45, 7) is 3.16. The van der Waals surface area contributed by atoms with Gasteiger partial charge in [0.1, 0.15) is 11.3 Å². The van der Waals surface area contributed by atoms with Crippen molar-refractivity contribution >= 4 is 22.8 Å². The molecule has 2 aliphatic carbocycles. The van der Waals surface area contributed by atoms with Gasteiger partial charge in [0, 0.05) is 25.0 Å². The van der Waals surface area contributed by atoms with Gasteiger partial charge in [-0.15, -0.1) is 11.6 Å². The van der Waals surface area contributed by atoms with Crippen LogP contribution in [-0.2, 0) is 13.0 Å². The lowest BCUT2D eigenvalue weighted by Crippen LogP contribution is -2.19. The van der Waals surface area contributed by atoms with Crippen LogP contribution < -0.4 is 0 Å². The van der Waals surface area contributed by atoms with Gasteiger partial charge in [-0.05, 0) is 55.6 Å². The molecule has 0 spiro atoms. The summed E-state index contributed by atoms with van der Waals surface area (Å²) in [5, 5.41) is 0. The maximum Gasteiger partial charge on any atom is 0.160 e. The van der Waals surface area contributed by atoms with Gasteiger partial charge in [0.25, 0.3) is 0 Å². The molecule has 0 N–H and O–H groups in total. The minimum Gasteiger partial charge on any atom is -0.312 e. The predicted octanol–water partition coefficient (Wildman–Crippen LogP) is 3.96.